The third kappa shape index (κ3) is 8.93. The van der Waals surface area contributed by atoms with Crippen LogP contribution in [0.5, 0.6) is 0 Å². The van der Waals surface area contributed by atoms with Crippen molar-refractivity contribution in [2.45, 2.75) is 120 Å². The average Bonchev–Trinajstić information content (AvgIpc) is 3.60. The number of likely N-dealkylation sites (tertiary alicyclic amines) is 1. The van der Waals surface area contributed by atoms with Gasteiger partial charge in [-0.2, -0.15) is 0 Å². The number of amides is 6. The molecule has 0 aromatic rings. The number of ketones is 1. The summed E-state index contributed by atoms with van der Waals surface area (Å²) < 4.78 is 0. The molecule has 2 aliphatic rings. The monoisotopic (exact) mass is 660 g/mol. The number of carbonyl (C=O) groups excluding carboxylic acids is 6. The molecule has 1 aliphatic heterocycles. The Bertz CT molecular complexity index is 1200. The van der Waals surface area contributed by atoms with Crippen molar-refractivity contribution in [1.29, 1.82) is 0 Å². The first-order chi connectivity index (χ1) is 21.7. The lowest BCUT2D eigenvalue weighted by Gasteiger charge is -2.39. The zero-order valence-electron chi connectivity index (χ0n) is 30.5. The fraction of sp³-hybridized carbons (Fsp3) is 0.771. The highest BCUT2D eigenvalue weighted by Crippen LogP contribution is 2.66. The summed E-state index contributed by atoms with van der Waals surface area (Å²) in [5.41, 5.74) is -1.84. The van der Waals surface area contributed by atoms with Gasteiger partial charge in [0.1, 0.15) is 18.1 Å². The Morgan fingerprint density at radius 3 is 1.94 bits per heavy atom. The third-order valence-electron chi connectivity index (χ3n) is 9.74. The molecular weight excluding hydrogens is 600 g/mol. The van der Waals surface area contributed by atoms with E-state index in [0.717, 1.165) is 6.42 Å². The van der Waals surface area contributed by atoms with E-state index in [1.807, 2.05) is 76.2 Å². The minimum Gasteiger partial charge on any atom is -0.346 e. The Hall–Kier alpha value is -3.44. The van der Waals surface area contributed by atoms with Crippen LogP contribution >= 0.6 is 0 Å². The van der Waals surface area contributed by atoms with Crippen LogP contribution in [-0.4, -0.2) is 95.6 Å². The van der Waals surface area contributed by atoms with Crippen LogP contribution in [0.4, 0.5) is 4.79 Å². The second-order valence-corrected chi connectivity index (χ2v) is 15.5. The number of fused-ring (bicyclic) bond motifs is 1. The molecule has 2 rings (SSSR count). The van der Waals surface area contributed by atoms with Crippen molar-refractivity contribution in [2.75, 3.05) is 26.2 Å². The second-order valence-electron chi connectivity index (χ2n) is 15.5. The molecule has 0 bridgehead atoms. The lowest BCUT2D eigenvalue weighted by atomic mass is 9.82. The van der Waals surface area contributed by atoms with Crippen LogP contribution in [0, 0.1) is 28.1 Å². The molecule has 1 saturated heterocycles. The molecular formula is C35H60N6O6. The van der Waals surface area contributed by atoms with Crippen molar-refractivity contribution in [1.82, 2.24) is 31.1 Å². The quantitative estimate of drug-likeness (QED) is 0.156. The molecule has 12 nitrogen and oxygen atoms in total. The van der Waals surface area contributed by atoms with E-state index in [1.165, 1.54) is 6.08 Å². The summed E-state index contributed by atoms with van der Waals surface area (Å²) in [5.74, 6) is -2.51. The fourth-order valence-electron chi connectivity index (χ4n) is 6.90. The van der Waals surface area contributed by atoms with Crippen molar-refractivity contribution in [2.24, 2.45) is 28.1 Å². The fourth-order valence-corrected chi connectivity index (χ4v) is 6.90. The lowest BCUT2D eigenvalue weighted by molar-refractivity contribution is -0.146. The van der Waals surface area contributed by atoms with Crippen LogP contribution in [0.3, 0.4) is 0 Å². The molecule has 0 spiro atoms. The summed E-state index contributed by atoms with van der Waals surface area (Å²) in [4.78, 5) is 84.2. The van der Waals surface area contributed by atoms with Gasteiger partial charge in [0.05, 0.1) is 6.04 Å². The molecule has 266 valence electrons. The number of hydrogen-bond donors (Lipinski definition) is 4. The molecule has 2 unspecified atom stereocenters. The molecule has 0 aromatic heterocycles. The largest absolute Gasteiger partial charge is 0.346 e. The van der Waals surface area contributed by atoms with E-state index >= 15 is 0 Å². The highest BCUT2D eigenvalue weighted by atomic mass is 16.2. The molecule has 2 fully saturated rings. The number of urea groups is 1. The summed E-state index contributed by atoms with van der Waals surface area (Å²) in [6, 6.07) is -4.44. The minimum atomic E-state index is -1.05. The highest BCUT2D eigenvalue weighted by Gasteiger charge is 2.70. The Labute approximate surface area is 281 Å². The van der Waals surface area contributed by atoms with E-state index in [0.29, 0.717) is 26.1 Å². The number of nitrogens with zero attached hydrogens (tertiary/aromatic N) is 2. The maximum atomic E-state index is 14.5. The van der Waals surface area contributed by atoms with E-state index in [-0.39, 0.29) is 30.7 Å². The van der Waals surface area contributed by atoms with Gasteiger partial charge in [0, 0.05) is 31.6 Å². The normalized spacial score (nSPS) is 22.3. The van der Waals surface area contributed by atoms with Crippen molar-refractivity contribution in [3.05, 3.63) is 12.7 Å². The second kappa shape index (κ2) is 15.6. The predicted octanol–water partition coefficient (Wildman–Crippen LogP) is 3.01. The van der Waals surface area contributed by atoms with E-state index in [2.05, 4.69) is 27.8 Å². The number of carbonyl (C=O) groups is 6. The molecule has 47 heavy (non-hydrogen) atoms. The standard InChI is InChI=1S/C35H60N6O6/c1-13-17-23(24(42)28(43)36-18-14-2)37-29(44)27-35(21(5)6)19-22(35)20-41(27)31(46)26(34(10,11)12)39-32(47)38-25(33(7,8)9)30(45)40(15-3)16-4/h14,21-23,25-27H,2,13,15-20H2,1,3-12H3,(H,36,43)(H,37,44)(H2,38,39,47)/t22-,23?,25+,26+,27+,35?/m0/s1. The maximum absolute atomic E-state index is 14.5. The van der Waals surface area contributed by atoms with Crippen LogP contribution in [0.15, 0.2) is 12.7 Å². The number of hydrogen-bond acceptors (Lipinski definition) is 6. The van der Waals surface area contributed by atoms with E-state index < -0.39 is 69.9 Å². The van der Waals surface area contributed by atoms with Gasteiger partial charge in [-0.1, -0.05) is 74.8 Å². The number of nitrogens with one attached hydrogen (secondary N) is 4. The Morgan fingerprint density at radius 1 is 0.915 bits per heavy atom. The Morgan fingerprint density at radius 2 is 1.47 bits per heavy atom. The van der Waals surface area contributed by atoms with Gasteiger partial charge in [0.15, 0.2) is 0 Å². The van der Waals surface area contributed by atoms with Crippen LogP contribution in [0.25, 0.3) is 0 Å². The zero-order chi connectivity index (χ0) is 36.1. The molecule has 4 N–H and O–H groups in total. The smallest absolute Gasteiger partial charge is 0.316 e. The summed E-state index contributed by atoms with van der Waals surface area (Å²) >= 11 is 0. The zero-order valence-corrected chi connectivity index (χ0v) is 30.5. The highest BCUT2D eigenvalue weighted by molar-refractivity contribution is 6.38. The van der Waals surface area contributed by atoms with Crippen molar-refractivity contribution in [3.63, 3.8) is 0 Å². The van der Waals surface area contributed by atoms with Gasteiger partial charge in [-0.25, -0.2) is 4.79 Å². The van der Waals surface area contributed by atoms with Crippen LogP contribution in [0.1, 0.15) is 95.4 Å². The lowest BCUT2D eigenvalue weighted by Crippen LogP contribution is -2.63. The molecule has 1 saturated carbocycles. The summed E-state index contributed by atoms with van der Waals surface area (Å²) in [5, 5.41) is 11.0. The molecule has 6 atom stereocenters. The predicted molar refractivity (Wildman–Crippen MR) is 182 cm³/mol. The van der Waals surface area contributed by atoms with E-state index in [4.69, 9.17) is 0 Å². The van der Waals surface area contributed by atoms with E-state index in [1.54, 1.807) is 9.80 Å². The SMILES string of the molecule is C=CCNC(=O)C(=O)C(CCC)NC(=O)[C@H]1N(C(=O)[C@@H](NC(=O)N[C@H](C(=O)N(CC)CC)C(C)(C)C)C(C)(C)C)C[C@@H]2CC21C(C)C. The van der Waals surface area contributed by atoms with Gasteiger partial charge >= 0.3 is 6.03 Å². The van der Waals surface area contributed by atoms with E-state index in [9.17, 15) is 28.8 Å². The maximum Gasteiger partial charge on any atom is 0.316 e. The third-order valence-corrected chi connectivity index (χ3v) is 9.74. The van der Waals surface area contributed by atoms with Gasteiger partial charge in [0.2, 0.25) is 23.5 Å². The number of likely N-dealkylation sites (N-methyl/N-ethyl adjacent to an activating group) is 1. The van der Waals surface area contributed by atoms with Crippen LogP contribution < -0.4 is 21.3 Å². The number of Topliss-reactive ketones (excluding diaryl/α,β-unsaturated/α-hetero) is 1. The van der Waals surface area contributed by atoms with Gasteiger partial charge < -0.3 is 31.1 Å². The number of piperidine rings is 1. The van der Waals surface area contributed by atoms with Gasteiger partial charge in [-0.05, 0) is 49.4 Å². The first kappa shape index (κ1) is 39.7. The van der Waals surface area contributed by atoms with Crippen LogP contribution in [0.2, 0.25) is 0 Å². The summed E-state index contributed by atoms with van der Waals surface area (Å²) in [6.45, 7) is 25.8. The average molecular weight is 661 g/mol. The van der Waals surface area contributed by atoms with Crippen molar-refractivity contribution >= 4 is 35.4 Å². The van der Waals surface area contributed by atoms with Gasteiger partial charge in [-0.3, -0.25) is 24.0 Å². The van der Waals surface area contributed by atoms with Crippen LogP contribution in [-0.2, 0) is 24.0 Å². The molecule has 0 radical (unpaired) electrons. The number of rotatable bonds is 15. The molecule has 1 heterocycles. The Kier molecular flexibility index (Phi) is 13.2. The summed E-state index contributed by atoms with van der Waals surface area (Å²) in [6.07, 6.45) is 3.03. The topological polar surface area (TPSA) is 157 Å². The van der Waals surface area contributed by atoms with Crippen molar-refractivity contribution in [3.8, 4) is 0 Å². The molecule has 12 heteroatoms. The molecule has 0 aromatic carbocycles. The minimum absolute atomic E-state index is 0.0558. The Balaban J connectivity index is 2.40. The molecule has 6 amide bonds. The first-order valence-corrected chi connectivity index (χ1v) is 17.1. The summed E-state index contributed by atoms with van der Waals surface area (Å²) in [7, 11) is 0. The van der Waals surface area contributed by atoms with Gasteiger partial charge in [0.25, 0.3) is 5.91 Å². The molecule has 1 aliphatic carbocycles. The van der Waals surface area contributed by atoms with Gasteiger partial charge in [-0.15, -0.1) is 6.58 Å². The first-order valence-electron chi connectivity index (χ1n) is 17.1. The van der Waals surface area contributed by atoms with Crippen molar-refractivity contribution < 1.29 is 28.8 Å².